The zero-order valence-electron chi connectivity index (χ0n) is 15.5. The molecule has 0 spiro atoms. The van der Waals surface area contributed by atoms with Crippen LogP contribution in [0.5, 0.6) is 0 Å². The Morgan fingerprint density at radius 1 is 1.44 bits per heavy atom. The van der Waals surface area contributed by atoms with Crippen LogP contribution in [-0.4, -0.2) is 45.4 Å². The summed E-state index contributed by atoms with van der Waals surface area (Å²) in [6.45, 7) is 9.71. The van der Waals surface area contributed by atoms with Gasteiger partial charge < -0.3 is 10.1 Å². The number of likely N-dealkylation sites (tertiary alicyclic amines) is 1. The highest BCUT2D eigenvalue weighted by Crippen LogP contribution is 2.23. The Morgan fingerprint density at radius 2 is 2.24 bits per heavy atom. The van der Waals surface area contributed by atoms with Crippen molar-refractivity contribution >= 4 is 17.0 Å². The van der Waals surface area contributed by atoms with Crippen molar-refractivity contribution in [1.82, 2.24) is 20.4 Å². The number of aromatic amines is 1. The molecular formula is C19H28N4O2. The topological polar surface area (TPSA) is 70.2 Å². The quantitative estimate of drug-likeness (QED) is 0.895. The number of amides is 1. The van der Waals surface area contributed by atoms with Crippen LogP contribution in [0.15, 0.2) is 24.4 Å². The number of piperidine rings is 1. The van der Waals surface area contributed by atoms with Crippen LogP contribution in [0, 0.1) is 0 Å². The molecule has 6 heteroatoms. The molecule has 0 aliphatic carbocycles. The Kier molecular flexibility index (Phi) is 4.99. The van der Waals surface area contributed by atoms with E-state index in [1.54, 1.807) is 0 Å². The van der Waals surface area contributed by atoms with Crippen molar-refractivity contribution < 1.29 is 9.53 Å². The highest BCUT2D eigenvalue weighted by molar-refractivity contribution is 5.81. The van der Waals surface area contributed by atoms with Crippen molar-refractivity contribution in [3.63, 3.8) is 0 Å². The van der Waals surface area contributed by atoms with Crippen molar-refractivity contribution in [3.05, 3.63) is 30.0 Å². The number of fused-ring (bicyclic) bond motifs is 1. The third-order valence-electron chi connectivity index (χ3n) is 4.67. The zero-order valence-corrected chi connectivity index (χ0v) is 15.5. The Morgan fingerprint density at radius 3 is 2.96 bits per heavy atom. The second-order valence-electron chi connectivity index (χ2n) is 7.94. The van der Waals surface area contributed by atoms with E-state index in [1.165, 1.54) is 5.56 Å². The Bertz CT molecular complexity index is 734. The molecule has 1 saturated heterocycles. The number of hydrogen-bond donors (Lipinski definition) is 2. The van der Waals surface area contributed by atoms with Crippen LogP contribution in [0.4, 0.5) is 4.79 Å². The minimum atomic E-state index is -0.459. The number of nitrogens with zero attached hydrogens (tertiary/aromatic N) is 2. The minimum absolute atomic E-state index is 0.170. The number of H-pyrrole nitrogens is 1. The van der Waals surface area contributed by atoms with Gasteiger partial charge in [-0.3, -0.25) is 10.00 Å². The van der Waals surface area contributed by atoms with E-state index in [1.807, 2.05) is 27.0 Å². The molecule has 6 nitrogen and oxygen atoms in total. The van der Waals surface area contributed by atoms with Gasteiger partial charge in [0.05, 0.1) is 11.7 Å². The lowest BCUT2D eigenvalue weighted by molar-refractivity contribution is 0.0453. The van der Waals surface area contributed by atoms with Gasteiger partial charge >= 0.3 is 6.09 Å². The molecule has 2 atom stereocenters. The maximum atomic E-state index is 12.0. The number of para-hydroxylation sites is 1. The van der Waals surface area contributed by atoms with E-state index in [4.69, 9.17) is 4.74 Å². The largest absolute Gasteiger partial charge is 0.444 e. The summed E-state index contributed by atoms with van der Waals surface area (Å²) in [5.74, 6) is 0. The number of rotatable bonds is 3. The molecular weight excluding hydrogens is 316 g/mol. The first-order valence-electron chi connectivity index (χ1n) is 8.96. The molecule has 1 aromatic carbocycles. The summed E-state index contributed by atoms with van der Waals surface area (Å²) in [4.78, 5) is 14.4. The molecule has 1 amide bonds. The zero-order chi connectivity index (χ0) is 18.0. The van der Waals surface area contributed by atoms with E-state index in [2.05, 4.69) is 45.5 Å². The Balaban J connectivity index is 1.57. The predicted molar refractivity (Wildman–Crippen MR) is 98.4 cm³/mol. The summed E-state index contributed by atoms with van der Waals surface area (Å²) in [7, 11) is 0. The van der Waals surface area contributed by atoms with Crippen LogP contribution < -0.4 is 5.32 Å². The smallest absolute Gasteiger partial charge is 0.407 e. The molecule has 1 aromatic heterocycles. The van der Waals surface area contributed by atoms with E-state index in [0.29, 0.717) is 6.04 Å². The summed E-state index contributed by atoms with van der Waals surface area (Å²) < 4.78 is 5.36. The van der Waals surface area contributed by atoms with Crippen LogP contribution >= 0.6 is 0 Å². The first-order chi connectivity index (χ1) is 11.8. The van der Waals surface area contributed by atoms with Crippen molar-refractivity contribution in [2.75, 3.05) is 6.54 Å². The first kappa shape index (κ1) is 17.7. The molecule has 25 heavy (non-hydrogen) atoms. The molecule has 136 valence electrons. The maximum absolute atomic E-state index is 12.0. The number of benzene rings is 1. The van der Waals surface area contributed by atoms with Crippen LogP contribution in [0.2, 0.25) is 0 Å². The van der Waals surface area contributed by atoms with Crippen molar-refractivity contribution in [2.24, 2.45) is 0 Å². The van der Waals surface area contributed by atoms with Gasteiger partial charge in [0.15, 0.2) is 0 Å². The average molecular weight is 344 g/mol. The van der Waals surface area contributed by atoms with E-state index >= 15 is 0 Å². The summed E-state index contributed by atoms with van der Waals surface area (Å²) in [5, 5.41) is 11.4. The number of carbonyl (C=O) groups excluding carboxylic acids is 1. The molecule has 1 fully saturated rings. The van der Waals surface area contributed by atoms with E-state index in [-0.39, 0.29) is 12.1 Å². The molecule has 0 radical (unpaired) electrons. The second-order valence-corrected chi connectivity index (χ2v) is 7.94. The fourth-order valence-corrected chi connectivity index (χ4v) is 3.44. The molecule has 3 rings (SSSR count). The van der Waals surface area contributed by atoms with Gasteiger partial charge in [-0.25, -0.2) is 4.79 Å². The average Bonchev–Trinajstić information content (AvgIpc) is 2.97. The maximum Gasteiger partial charge on any atom is 0.407 e. The number of nitrogens with one attached hydrogen (secondary N) is 2. The number of hydrogen-bond acceptors (Lipinski definition) is 4. The predicted octanol–water partition coefficient (Wildman–Crippen LogP) is 3.44. The van der Waals surface area contributed by atoms with Gasteiger partial charge in [-0.05, 0) is 46.1 Å². The summed E-state index contributed by atoms with van der Waals surface area (Å²) in [6, 6.07) is 6.87. The van der Waals surface area contributed by atoms with Gasteiger partial charge in [-0.15, -0.1) is 0 Å². The number of carbonyl (C=O) groups is 1. The van der Waals surface area contributed by atoms with E-state index in [0.717, 1.165) is 36.8 Å². The van der Waals surface area contributed by atoms with Crippen molar-refractivity contribution in [1.29, 1.82) is 0 Å². The summed E-state index contributed by atoms with van der Waals surface area (Å²) >= 11 is 0. The molecule has 1 aliphatic heterocycles. The minimum Gasteiger partial charge on any atom is -0.444 e. The van der Waals surface area contributed by atoms with Crippen molar-refractivity contribution in [3.8, 4) is 0 Å². The van der Waals surface area contributed by atoms with Crippen LogP contribution in [0.3, 0.4) is 0 Å². The molecule has 0 bridgehead atoms. The number of ether oxygens (including phenoxy) is 1. The Hall–Kier alpha value is -2.08. The molecule has 0 unspecified atom stereocenters. The second kappa shape index (κ2) is 7.04. The highest BCUT2D eigenvalue weighted by Gasteiger charge is 2.28. The highest BCUT2D eigenvalue weighted by atomic mass is 16.6. The van der Waals surface area contributed by atoms with Crippen LogP contribution in [0.25, 0.3) is 10.9 Å². The Labute approximate surface area is 148 Å². The number of alkyl carbamates (subject to hydrolysis) is 1. The van der Waals surface area contributed by atoms with Gasteiger partial charge in [0, 0.05) is 30.6 Å². The number of aromatic nitrogens is 2. The lowest BCUT2D eigenvalue weighted by Gasteiger charge is -2.38. The van der Waals surface area contributed by atoms with Crippen molar-refractivity contribution in [2.45, 2.75) is 64.8 Å². The lowest BCUT2D eigenvalue weighted by Crippen LogP contribution is -2.49. The van der Waals surface area contributed by atoms with Gasteiger partial charge in [0.1, 0.15) is 5.60 Å². The summed E-state index contributed by atoms with van der Waals surface area (Å²) in [5.41, 5.74) is 1.92. The van der Waals surface area contributed by atoms with Gasteiger partial charge in [-0.1, -0.05) is 18.2 Å². The third-order valence-corrected chi connectivity index (χ3v) is 4.67. The SMILES string of the molecule is C[C@@H]1C[C@H](NC(=O)OC(C)(C)C)CCN1Cc1cccc2cn[nH]c12. The third kappa shape index (κ3) is 4.51. The lowest BCUT2D eigenvalue weighted by atomic mass is 9.97. The van der Waals surface area contributed by atoms with E-state index < -0.39 is 5.60 Å². The van der Waals surface area contributed by atoms with Crippen LogP contribution in [0.1, 0.15) is 46.1 Å². The molecule has 2 heterocycles. The summed E-state index contributed by atoms with van der Waals surface area (Å²) in [6.07, 6.45) is 3.40. The normalized spacial score (nSPS) is 22.1. The fourth-order valence-electron chi connectivity index (χ4n) is 3.44. The standard InChI is InChI=1S/C19H28N4O2/c1-13-10-16(21-18(24)25-19(2,3)4)8-9-23(13)12-15-7-5-6-14-11-20-22-17(14)15/h5-7,11,13,16H,8-10,12H2,1-4H3,(H,20,22)(H,21,24)/t13-,16-/m1/s1. The van der Waals surface area contributed by atoms with Gasteiger partial charge in [-0.2, -0.15) is 5.10 Å². The molecule has 1 aliphatic rings. The van der Waals surface area contributed by atoms with Crippen LogP contribution in [-0.2, 0) is 11.3 Å². The monoisotopic (exact) mass is 344 g/mol. The van der Waals surface area contributed by atoms with Gasteiger partial charge in [0.25, 0.3) is 0 Å². The van der Waals surface area contributed by atoms with Gasteiger partial charge in [0.2, 0.25) is 0 Å². The molecule has 2 aromatic rings. The van der Waals surface area contributed by atoms with E-state index in [9.17, 15) is 4.79 Å². The molecule has 0 saturated carbocycles. The fraction of sp³-hybridized carbons (Fsp3) is 0.579. The molecule has 2 N–H and O–H groups in total. The first-order valence-corrected chi connectivity index (χ1v) is 8.96.